The van der Waals surface area contributed by atoms with E-state index in [2.05, 4.69) is 42.1 Å². The number of nitriles is 1. The number of carbonyl (C=O) groups excluding carboxylic acids is 1. The third kappa shape index (κ3) is 4.98. The first-order valence-electron chi connectivity index (χ1n) is 8.76. The normalized spacial score (nSPS) is 13.1. The molecule has 27 heavy (non-hydrogen) atoms. The van der Waals surface area contributed by atoms with Crippen molar-refractivity contribution >= 4 is 21.8 Å². The van der Waals surface area contributed by atoms with Crippen molar-refractivity contribution in [1.29, 1.82) is 5.26 Å². The molecular weight excluding hydrogens is 414 g/mol. The first kappa shape index (κ1) is 19.2. The summed E-state index contributed by atoms with van der Waals surface area (Å²) in [5.74, 6) is 1.46. The summed E-state index contributed by atoms with van der Waals surface area (Å²) < 4.78 is 13.8. The lowest BCUT2D eigenvalue weighted by molar-refractivity contribution is -0.123. The number of hydrogen-bond donors (Lipinski definition) is 1. The maximum absolute atomic E-state index is 12.1. The molecule has 1 amide bonds. The van der Waals surface area contributed by atoms with E-state index < -0.39 is 0 Å². The monoisotopic (exact) mass is 433 g/mol. The van der Waals surface area contributed by atoms with E-state index in [0.29, 0.717) is 47.1 Å². The molecule has 0 atom stereocenters. The van der Waals surface area contributed by atoms with Crippen LogP contribution in [0.4, 0.5) is 0 Å². The number of benzene rings is 1. The Kier molecular flexibility index (Phi) is 6.29. The average Bonchev–Trinajstić information content (AvgIpc) is 3.39. The highest BCUT2D eigenvalue weighted by atomic mass is 79.9. The molecule has 1 aliphatic rings. The lowest BCUT2D eigenvalue weighted by atomic mass is 10.2. The van der Waals surface area contributed by atoms with Crippen LogP contribution in [-0.4, -0.2) is 40.4 Å². The quantitative estimate of drug-likeness (QED) is 0.650. The molecule has 3 rings (SSSR count). The molecule has 0 unspecified atom stereocenters. The van der Waals surface area contributed by atoms with Gasteiger partial charge in [-0.3, -0.25) is 4.79 Å². The van der Waals surface area contributed by atoms with Crippen molar-refractivity contribution in [2.24, 2.45) is 0 Å². The van der Waals surface area contributed by atoms with Gasteiger partial charge in [0.2, 0.25) is 0 Å². The van der Waals surface area contributed by atoms with Crippen molar-refractivity contribution in [2.45, 2.75) is 32.2 Å². The first-order chi connectivity index (χ1) is 13.1. The van der Waals surface area contributed by atoms with Crippen molar-refractivity contribution < 1.29 is 14.3 Å². The molecule has 1 aromatic heterocycles. The fourth-order valence-corrected chi connectivity index (χ4v) is 3.20. The van der Waals surface area contributed by atoms with E-state index in [0.717, 1.165) is 18.7 Å². The number of amides is 1. The van der Waals surface area contributed by atoms with Crippen molar-refractivity contribution in [3.63, 3.8) is 0 Å². The van der Waals surface area contributed by atoms with Crippen molar-refractivity contribution in [2.75, 3.05) is 19.8 Å². The van der Waals surface area contributed by atoms with Gasteiger partial charge in [0.25, 0.3) is 5.91 Å². The highest BCUT2D eigenvalue weighted by molar-refractivity contribution is 9.10. The number of nitrogens with zero attached hydrogens (tertiary/aromatic N) is 4. The predicted octanol–water partition coefficient (Wildman–Crippen LogP) is 2.38. The van der Waals surface area contributed by atoms with Gasteiger partial charge in [-0.1, -0.05) is 0 Å². The molecular formula is C18H20BrN5O3. The topological polar surface area (TPSA) is 102 Å². The van der Waals surface area contributed by atoms with Crippen LogP contribution in [0.5, 0.6) is 11.5 Å². The van der Waals surface area contributed by atoms with Crippen LogP contribution in [0.2, 0.25) is 0 Å². The van der Waals surface area contributed by atoms with Gasteiger partial charge in [-0.05, 0) is 41.8 Å². The molecule has 1 aromatic carbocycles. The largest absolute Gasteiger partial charge is 0.490 e. The van der Waals surface area contributed by atoms with E-state index in [1.807, 2.05) is 6.92 Å². The number of carbonyl (C=O) groups is 1. The van der Waals surface area contributed by atoms with Gasteiger partial charge in [0, 0.05) is 25.1 Å². The minimum atomic E-state index is -0.244. The van der Waals surface area contributed by atoms with E-state index in [1.54, 1.807) is 18.5 Å². The zero-order valence-corrected chi connectivity index (χ0v) is 16.5. The zero-order chi connectivity index (χ0) is 19.2. The molecule has 8 nitrogen and oxygen atoms in total. The molecule has 1 N–H and O–H groups in total. The molecule has 0 radical (unpaired) electrons. The Balaban J connectivity index is 1.51. The van der Waals surface area contributed by atoms with E-state index in [1.165, 1.54) is 0 Å². The number of hydrogen-bond acceptors (Lipinski definition) is 6. The van der Waals surface area contributed by atoms with Crippen LogP contribution in [0.15, 0.2) is 22.9 Å². The second-order valence-electron chi connectivity index (χ2n) is 6.10. The fourth-order valence-electron chi connectivity index (χ4n) is 2.64. The van der Waals surface area contributed by atoms with Gasteiger partial charge in [0.15, 0.2) is 18.1 Å². The Hall–Kier alpha value is -2.60. The number of rotatable bonds is 9. The predicted molar refractivity (Wildman–Crippen MR) is 101 cm³/mol. The smallest absolute Gasteiger partial charge is 0.257 e. The van der Waals surface area contributed by atoms with Crippen LogP contribution in [0.3, 0.4) is 0 Å². The Morgan fingerprint density at radius 3 is 2.96 bits per heavy atom. The van der Waals surface area contributed by atoms with Crippen molar-refractivity contribution in [3.8, 4) is 17.6 Å². The van der Waals surface area contributed by atoms with Crippen LogP contribution < -0.4 is 14.8 Å². The summed E-state index contributed by atoms with van der Waals surface area (Å²) in [7, 11) is 0. The Morgan fingerprint density at radius 1 is 1.44 bits per heavy atom. The summed E-state index contributed by atoms with van der Waals surface area (Å²) in [6, 6.07) is 5.79. The van der Waals surface area contributed by atoms with Crippen LogP contribution >= 0.6 is 15.9 Å². The third-order valence-corrected chi connectivity index (χ3v) is 4.63. The third-order valence-electron chi connectivity index (χ3n) is 4.04. The highest BCUT2D eigenvalue weighted by Gasteiger charge is 2.25. The molecule has 9 heteroatoms. The molecule has 0 bridgehead atoms. The molecule has 0 spiro atoms. The average molecular weight is 434 g/mol. The second-order valence-corrected chi connectivity index (χ2v) is 6.96. The summed E-state index contributed by atoms with van der Waals surface area (Å²) in [5, 5.41) is 19.9. The van der Waals surface area contributed by atoms with Gasteiger partial charge in [-0.25, -0.2) is 0 Å². The summed E-state index contributed by atoms with van der Waals surface area (Å²) in [4.78, 5) is 12.1. The number of aromatic nitrogens is 3. The molecule has 1 saturated carbocycles. The molecule has 1 fully saturated rings. The lowest BCUT2D eigenvalue weighted by Gasteiger charge is -2.14. The zero-order valence-electron chi connectivity index (χ0n) is 14.9. The van der Waals surface area contributed by atoms with Gasteiger partial charge < -0.3 is 19.4 Å². The number of halogens is 1. The van der Waals surface area contributed by atoms with Gasteiger partial charge in [0.05, 0.1) is 22.7 Å². The maximum Gasteiger partial charge on any atom is 0.257 e. The molecule has 0 aliphatic heterocycles. The first-order valence-corrected chi connectivity index (χ1v) is 9.56. The number of ether oxygens (including phenoxy) is 2. The summed E-state index contributed by atoms with van der Waals surface area (Å²) in [5.41, 5.74) is 0.446. The van der Waals surface area contributed by atoms with E-state index >= 15 is 0 Å². The van der Waals surface area contributed by atoms with Crippen LogP contribution in [0, 0.1) is 11.3 Å². The molecule has 2 aromatic rings. The van der Waals surface area contributed by atoms with E-state index in [-0.39, 0.29) is 12.5 Å². The SMILES string of the molecule is CCOc1cc(C#N)cc(Br)c1OCC(=O)NCCc1nncn1C1CC1. The highest BCUT2D eigenvalue weighted by Crippen LogP contribution is 2.37. The van der Waals surface area contributed by atoms with E-state index in [9.17, 15) is 4.79 Å². The van der Waals surface area contributed by atoms with Crippen LogP contribution in [0.1, 0.15) is 37.2 Å². The van der Waals surface area contributed by atoms with Crippen molar-refractivity contribution in [3.05, 3.63) is 34.3 Å². The summed E-state index contributed by atoms with van der Waals surface area (Å²) in [6.45, 7) is 2.57. The van der Waals surface area contributed by atoms with Gasteiger partial charge in [0.1, 0.15) is 12.2 Å². The minimum absolute atomic E-state index is 0.153. The maximum atomic E-state index is 12.1. The fraction of sp³-hybridized carbons (Fsp3) is 0.444. The summed E-state index contributed by atoms with van der Waals surface area (Å²) >= 11 is 3.36. The summed E-state index contributed by atoms with van der Waals surface area (Å²) in [6.07, 6.45) is 4.68. The van der Waals surface area contributed by atoms with Crippen molar-refractivity contribution in [1.82, 2.24) is 20.1 Å². The lowest BCUT2D eigenvalue weighted by Crippen LogP contribution is -2.31. The molecule has 1 aliphatic carbocycles. The van der Waals surface area contributed by atoms with Crippen LogP contribution in [-0.2, 0) is 11.2 Å². The Bertz CT molecular complexity index is 857. The Morgan fingerprint density at radius 2 is 2.26 bits per heavy atom. The molecule has 142 valence electrons. The molecule has 0 saturated heterocycles. The van der Waals surface area contributed by atoms with Gasteiger partial charge in [-0.2, -0.15) is 5.26 Å². The minimum Gasteiger partial charge on any atom is -0.490 e. The van der Waals surface area contributed by atoms with Crippen LogP contribution in [0.25, 0.3) is 0 Å². The van der Waals surface area contributed by atoms with E-state index in [4.69, 9.17) is 14.7 Å². The van der Waals surface area contributed by atoms with Gasteiger partial charge >= 0.3 is 0 Å². The standard InChI is InChI=1S/C18H20BrN5O3/c1-2-26-15-8-12(9-20)7-14(19)18(15)27-10-17(25)21-6-5-16-23-22-11-24(16)13-3-4-13/h7-8,11,13H,2-6,10H2,1H3,(H,21,25). The van der Waals surface area contributed by atoms with Gasteiger partial charge in [-0.15, -0.1) is 10.2 Å². The Labute approximate surface area is 165 Å². The molecule has 1 heterocycles. The number of nitrogens with one attached hydrogen (secondary N) is 1. The second kappa shape index (κ2) is 8.86.